The molecule has 2 aliphatic rings. The van der Waals surface area contributed by atoms with Crippen molar-refractivity contribution in [2.75, 3.05) is 6.54 Å². The van der Waals surface area contributed by atoms with Gasteiger partial charge in [-0.3, -0.25) is 4.79 Å². The number of nitrogens with one attached hydrogen (secondary N) is 1. The summed E-state index contributed by atoms with van der Waals surface area (Å²) >= 11 is 0. The number of aliphatic hydroxyl groups is 1. The normalized spacial score (nSPS) is 25.7. The number of hydrogen-bond acceptors (Lipinski definition) is 5. The lowest BCUT2D eigenvalue weighted by atomic mass is 9.84. The van der Waals surface area contributed by atoms with Crippen LogP contribution in [0.3, 0.4) is 0 Å². The molecule has 4 N–H and O–H groups in total. The Morgan fingerprint density at radius 3 is 2.88 bits per heavy atom. The van der Waals surface area contributed by atoms with Gasteiger partial charge in [0.1, 0.15) is 5.82 Å². The zero-order valence-corrected chi connectivity index (χ0v) is 14.9. The van der Waals surface area contributed by atoms with Crippen LogP contribution in [-0.4, -0.2) is 39.7 Å². The van der Waals surface area contributed by atoms with E-state index in [1.54, 1.807) is 0 Å². The molecule has 3 rings (SSSR count). The predicted octanol–water partition coefficient (Wildman–Crippen LogP) is 0.843. The summed E-state index contributed by atoms with van der Waals surface area (Å²) in [5, 5.41) is 12.7. The first kappa shape index (κ1) is 19.1. The number of rotatable bonds is 4. The van der Waals surface area contributed by atoms with Crippen molar-refractivity contribution in [2.45, 2.75) is 64.0 Å². The number of fused-ring (bicyclic) bond motifs is 1. The van der Waals surface area contributed by atoms with E-state index in [1.807, 2.05) is 6.92 Å². The van der Waals surface area contributed by atoms with Crippen molar-refractivity contribution in [3.05, 3.63) is 22.8 Å². The number of aliphatic hydroxyl groups excluding tert-OH is 1. The van der Waals surface area contributed by atoms with Crippen LogP contribution in [-0.2, 0) is 24.1 Å². The molecule has 0 unspecified atom stereocenters. The Morgan fingerprint density at radius 1 is 1.33 bits per heavy atom. The van der Waals surface area contributed by atoms with Gasteiger partial charge in [0, 0.05) is 36.3 Å². The molecule has 0 aromatic carbocycles. The van der Waals surface area contributed by atoms with Gasteiger partial charge in [-0.25, -0.2) is 9.97 Å². The van der Waals surface area contributed by atoms with Gasteiger partial charge in [0.05, 0.1) is 6.10 Å². The van der Waals surface area contributed by atoms with Gasteiger partial charge in [-0.1, -0.05) is 0 Å². The SMILES string of the molecule is Cc1nc(CCNC(=O)[C@H]2CC[C@H](N)[C@@H](O)C2)nc2c1CCC2.Cl. The van der Waals surface area contributed by atoms with Gasteiger partial charge in [0.2, 0.25) is 5.91 Å². The number of aryl methyl sites for hydroxylation is 2. The van der Waals surface area contributed by atoms with Gasteiger partial charge in [0.25, 0.3) is 0 Å². The molecular formula is C17H27ClN4O2. The number of nitrogens with two attached hydrogens (primary N) is 1. The van der Waals surface area contributed by atoms with Crippen LogP contribution in [0.1, 0.15) is 48.5 Å². The second kappa shape index (κ2) is 8.23. The van der Waals surface area contributed by atoms with Crippen molar-refractivity contribution in [2.24, 2.45) is 11.7 Å². The lowest BCUT2D eigenvalue weighted by Gasteiger charge is -2.29. The molecule has 0 aliphatic heterocycles. The lowest BCUT2D eigenvalue weighted by Crippen LogP contribution is -2.44. The monoisotopic (exact) mass is 354 g/mol. The summed E-state index contributed by atoms with van der Waals surface area (Å²) in [6.07, 6.45) is 5.28. The molecule has 3 atom stereocenters. The van der Waals surface area contributed by atoms with Gasteiger partial charge < -0.3 is 16.2 Å². The maximum absolute atomic E-state index is 12.2. The highest BCUT2D eigenvalue weighted by molar-refractivity contribution is 5.85. The Kier molecular flexibility index (Phi) is 6.54. The molecule has 1 heterocycles. The molecule has 1 aromatic heterocycles. The standard InChI is InChI=1S/C17H26N4O2.ClH/c1-10-12-3-2-4-14(12)21-16(20-10)7-8-19-17(23)11-5-6-13(18)15(22)9-11;/h11,13,15,22H,2-9,18H2,1H3,(H,19,23);1H/t11-,13-,15-;/m0./s1. The van der Waals surface area contributed by atoms with E-state index in [0.29, 0.717) is 25.8 Å². The van der Waals surface area contributed by atoms with Crippen molar-refractivity contribution in [3.8, 4) is 0 Å². The average Bonchev–Trinajstić information content (AvgIpc) is 2.99. The van der Waals surface area contributed by atoms with E-state index in [4.69, 9.17) is 5.73 Å². The third-order valence-electron chi connectivity index (χ3n) is 5.07. The molecule has 0 spiro atoms. The third-order valence-corrected chi connectivity index (χ3v) is 5.07. The highest BCUT2D eigenvalue weighted by Crippen LogP contribution is 2.24. The molecular weight excluding hydrogens is 328 g/mol. The van der Waals surface area contributed by atoms with Crippen LogP contribution in [0.5, 0.6) is 0 Å². The second-order valence-corrected chi connectivity index (χ2v) is 6.79. The van der Waals surface area contributed by atoms with Crippen molar-refractivity contribution >= 4 is 18.3 Å². The molecule has 1 amide bonds. The van der Waals surface area contributed by atoms with Crippen LogP contribution in [0.4, 0.5) is 0 Å². The van der Waals surface area contributed by atoms with Crippen molar-refractivity contribution in [1.82, 2.24) is 15.3 Å². The quantitative estimate of drug-likeness (QED) is 0.743. The second-order valence-electron chi connectivity index (χ2n) is 6.79. The molecule has 2 aliphatic carbocycles. The maximum atomic E-state index is 12.2. The smallest absolute Gasteiger partial charge is 0.223 e. The maximum Gasteiger partial charge on any atom is 0.223 e. The summed E-state index contributed by atoms with van der Waals surface area (Å²) in [5.74, 6) is 0.690. The van der Waals surface area contributed by atoms with E-state index in [2.05, 4.69) is 15.3 Å². The number of amides is 1. The average molecular weight is 355 g/mol. The zero-order valence-electron chi connectivity index (χ0n) is 14.1. The van der Waals surface area contributed by atoms with Crippen molar-refractivity contribution in [1.29, 1.82) is 0 Å². The van der Waals surface area contributed by atoms with E-state index in [0.717, 1.165) is 37.2 Å². The summed E-state index contributed by atoms with van der Waals surface area (Å²) in [6.45, 7) is 2.58. The predicted molar refractivity (Wildman–Crippen MR) is 94.1 cm³/mol. The molecule has 24 heavy (non-hydrogen) atoms. The number of aromatic nitrogens is 2. The number of hydrogen-bond donors (Lipinski definition) is 3. The van der Waals surface area contributed by atoms with E-state index in [9.17, 15) is 9.90 Å². The molecule has 0 saturated heterocycles. The Labute approximate surface area is 149 Å². The Balaban J connectivity index is 0.00000208. The van der Waals surface area contributed by atoms with Crippen LogP contribution >= 0.6 is 12.4 Å². The van der Waals surface area contributed by atoms with Gasteiger partial charge in [0.15, 0.2) is 0 Å². The molecule has 1 saturated carbocycles. The Hall–Kier alpha value is -1.24. The minimum absolute atomic E-state index is 0. The van der Waals surface area contributed by atoms with Crippen LogP contribution in [0.15, 0.2) is 0 Å². The molecule has 6 nitrogen and oxygen atoms in total. The fourth-order valence-corrected chi connectivity index (χ4v) is 3.64. The van der Waals surface area contributed by atoms with Gasteiger partial charge >= 0.3 is 0 Å². The first-order chi connectivity index (χ1) is 11.0. The molecule has 1 fully saturated rings. The highest BCUT2D eigenvalue weighted by atomic mass is 35.5. The molecule has 7 heteroatoms. The van der Waals surface area contributed by atoms with E-state index in [-0.39, 0.29) is 30.3 Å². The largest absolute Gasteiger partial charge is 0.391 e. The lowest BCUT2D eigenvalue weighted by molar-refractivity contribution is -0.127. The highest BCUT2D eigenvalue weighted by Gasteiger charge is 2.30. The van der Waals surface area contributed by atoms with Crippen LogP contribution in [0, 0.1) is 12.8 Å². The van der Waals surface area contributed by atoms with Crippen LogP contribution in [0.25, 0.3) is 0 Å². The summed E-state index contributed by atoms with van der Waals surface area (Å²) < 4.78 is 0. The topological polar surface area (TPSA) is 101 Å². The van der Waals surface area contributed by atoms with Gasteiger partial charge in [-0.15, -0.1) is 12.4 Å². The number of carbonyl (C=O) groups is 1. The number of nitrogens with zero attached hydrogens (tertiary/aromatic N) is 2. The number of carbonyl (C=O) groups excluding carboxylic acids is 1. The Morgan fingerprint density at radius 2 is 2.12 bits per heavy atom. The van der Waals surface area contributed by atoms with Crippen molar-refractivity contribution in [3.63, 3.8) is 0 Å². The fourth-order valence-electron chi connectivity index (χ4n) is 3.64. The zero-order chi connectivity index (χ0) is 16.4. The summed E-state index contributed by atoms with van der Waals surface area (Å²) in [7, 11) is 0. The Bertz CT molecular complexity index is 596. The van der Waals surface area contributed by atoms with E-state index in [1.165, 1.54) is 11.3 Å². The van der Waals surface area contributed by atoms with Crippen LogP contribution < -0.4 is 11.1 Å². The minimum Gasteiger partial charge on any atom is -0.391 e. The molecule has 0 radical (unpaired) electrons. The van der Waals surface area contributed by atoms with Crippen molar-refractivity contribution < 1.29 is 9.90 Å². The van der Waals surface area contributed by atoms with Crippen LogP contribution in [0.2, 0.25) is 0 Å². The van der Waals surface area contributed by atoms with Gasteiger partial charge in [-0.2, -0.15) is 0 Å². The summed E-state index contributed by atoms with van der Waals surface area (Å²) in [4.78, 5) is 21.4. The molecule has 134 valence electrons. The summed E-state index contributed by atoms with van der Waals surface area (Å²) in [6, 6.07) is -0.193. The molecule has 0 bridgehead atoms. The van der Waals surface area contributed by atoms with E-state index >= 15 is 0 Å². The summed E-state index contributed by atoms with van der Waals surface area (Å²) in [5.41, 5.74) is 9.35. The fraction of sp³-hybridized carbons (Fsp3) is 0.706. The minimum atomic E-state index is -0.567. The third kappa shape index (κ3) is 4.23. The first-order valence-electron chi connectivity index (χ1n) is 8.61. The first-order valence-corrected chi connectivity index (χ1v) is 8.61. The van der Waals surface area contributed by atoms with Gasteiger partial charge in [-0.05, 0) is 51.0 Å². The number of halogens is 1. The molecule has 1 aromatic rings. The van der Waals surface area contributed by atoms with E-state index < -0.39 is 6.10 Å².